The predicted octanol–water partition coefficient (Wildman–Crippen LogP) is 5.95. The van der Waals surface area contributed by atoms with Crippen molar-refractivity contribution in [3.8, 4) is 0 Å². The molecule has 4 aliphatic rings. The standard InChI is InChI=1S/C30H41N3O/c1-22(2)26-20-23-8-7-9-24-25(11-18-33(26)28(23)24)31-17-14-29(27-10-3-6-16-32-27)15-19-34-30(21-29)12-4-5-13-30/h3,6-10,16,22,25-26,31H,4-5,11-15,17-21H2,1-2H3/t25?,26?,29-/m1/s1. The maximum atomic E-state index is 6.45. The summed E-state index contributed by atoms with van der Waals surface area (Å²) in [5.41, 5.74) is 6.12. The molecule has 1 aliphatic carbocycles. The molecule has 1 saturated carbocycles. The van der Waals surface area contributed by atoms with E-state index in [1.165, 1.54) is 56.3 Å². The topological polar surface area (TPSA) is 37.4 Å². The van der Waals surface area contributed by atoms with Crippen molar-refractivity contribution in [3.63, 3.8) is 0 Å². The van der Waals surface area contributed by atoms with Crippen LogP contribution in [0.4, 0.5) is 5.69 Å². The third-order valence-electron chi connectivity index (χ3n) is 9.44. The number of ether oxygens (including phenoxy) is 1. The van der Waals surface area contributed by atoms with E-state index in [-0.39, 0.29) is 11.0 Å². The van der Waals surface area contributed by atoms with Gasteiger partial charge in [-0.25, -0.2) is 0 Å². The van der Waals surface area contributed by atoms with E-state index in [4.69, 9.17) is 9.72 Å². The summed E-state index contributed by atoms with van der Waals surface area (Å²) in [6.07, 6.45) is 12.8. The second-order valence-electron chi connectivity index (χ2n) is 11.8. The van der Waals surface area contributed by atoms with Gasteiger partial charge in [-0.2, -0.15) is 0 Å². The lowest BCUT2D eigenvalue weighted by Gasteiger charge is -2.47. The highest BCUT2D eigenvalue weighted by Gasteiger charge is 2.48. The molecular weight excluding hydrogens is 418 g/mol. The molecule has 3 aliphatic heterocycles. The molecular formula is C30H41N3O. The van der Waals surface area contributed by atoms with Crippen LogP contribution >= 0.6 is 0 Å². The average molecular weight is 460 g/mol. The lowest BCUT2D eigenvalue weighted by atomic mass is 9.68. The first-order valence-corrected chi connectivity index (χ1v) is 13.8. The summed E-state index contributed by atoms with van der Waals surface area (Å²) in [7, 11) is 0. The van der Waals surface area contributed by atoms with Gasteiger partial charge in [0.2, 0.25) is 0 Å². The summed E-state index contributed by atoms with van der Waals surface area (Å²) >= 11 is 0. The molecule has 2 fully saturated rings. The van der Waals surface area contributed by atoms with E-state index in [2.05, 4.69) is 54.4 Å². The highest BCUT2D eigenvalue weighted by Crippen LogP contribution is 2.50. The molecule has 4 heteroatoms. The summed E-state index contributed by atoms with van der Waals surface area (Å²) in [6.45, 7) is 7.84. The first-order chi connectivity index (χ1) is 16.6. The van der Waals surface area contributed by atoms with Crippen LogP contribution in [0.15, 0.2) is 42.6 Å². The Bertz CT molecular complexity index is 999. The Morgan fingerprint density at radius 3 is 2.79 bits per heavy atom. The fourth-order valence-corrected chi connectivity index (χ4v) is 7.70. The third kappa shape index (κ3) is 3.87. The van der Waals surface area contributed by atoms with Gasteiger partial charge in [-0.15, -0.1) is 0 Å². The van der Waals surface area contributed by atoms with Crippen molar-refractivity contribution >= 4 is 5.69 Å². The largest absolute Gasteiger partial charge is 0.375 e. The number of para-hydroxylation sites is 1. The summed E-state index contributed by atoms with van der Waals surface area (Å²) in [5, 5.41) is 4.02. The van der Waals surface area contributed by atoms with E-state index in [1.807, 2.05) is 12.3 Å². The quantitative estimate of drug-likeness (QED) is 0.579. The SMILES string of the molecule is CC(C)C1Cc2cccc3c2N1CCC3NCC[C@@]1(c2ccccn2)CCOC2(CCCC2)C1. The third-order valence-corrected chi connectivity index (χ3v) is 9.44. The molecule has 0 bridgehead atoms. The van der Waals surface area contributed by atoms with Gasteiger partial charge in [-0.3, -0.25) is 4.98 Å². The molecule has 34 heavy (non-hydrogen) atoms. The van der Waals surface area contributed by atoms with Crippen LogP contribution in [0.2, 0.25) is 0 Å². The smallest absolute Gasteiger partial charge is 0.0691 e. The van der Waals surface area contributed by atoms with Gasteiger partial charge in [0.05, 0.1) is 5.60 Å². The van der Waals surface area contributed by atoms with Gasteiger partial charge in [-0.1, -0.05) is 51.0 Å². The van der Waals surface area contributed by atoms with E-state index in [9.17, 15) is 0 Å². The molecule has 3 atom stereocenters. The number of benzene rings is 1. The van der Waals surface area contributed by atoms with Crippen LogP contribution in [0, 0.1) is 5.92 Å². The fourth-order valence-electron chi connectivity index (χ4n) is 7.70. The number of hydrogen-bond donors (Lipinski definition) is 1. The lowest BCUT2D eigenvalue weighted by Crippen LogP contribution is -2.48. The van der Waals surface area contributed by atoms with Crippen LogP contribution in [0.25, 0.3) is 0 Å². The van der Waals surface area contributed by atoms with Gasteiger partial charge in [0.25, 0.3) is 0 Å². The minimum absolute atomic E-state index is 0.0905. The summed E-state index contributed by atoms with van der Waals surface area (Å²) in [6, 6.07) is 14.6. The Morgan fingerprint density at radius 2 is 2.00 bits per heavy atom. The van der Waals surface area contributed by atoms with Crippen LogP contribution in [0.3, 0.4) is 0 Å². The molecule has 4 nitrogen and oxygen atoms in total. The van der Waals surface area contributed by atoms with E-state index in [0.29, 0.717) is 18.0 Å². The Kier molecular flexibility index (Phi) is 5.93. The minimum atomic E-state index is 0.0905. The van der Waals surface area contributed by atoms with Crippen molar-refractivity contribution < 1.29 is 4.74 Å². The average Bonchev–Trinajstić information content (AvgIpc) is 3.47. The fraction of sp³-hybridized carbons (Fsp3) is 0.633. The predicted molar refractivity (Wildman–Crippen MR) is 138 cm³/mol. The lowest BCUT2D eigenvalue weighted by molar-refractivity contribution is -0.104. The van der Waals surface area contributed by atoms with Crippen LogP contribution in [-0.4, -0.2) is 36.3 Å². The molecule has 0 radical (unpaired) electrons. The zero-order valence-electron chi connectivity index (χ0n) is 21.1. The molecule has 182 valence electrons. The number of nitrogens with zero attached hydrogens (tertiary/aromatic N) is 2. The number of rotatable bonds is 6. The summed E-state index contributed by atoms with van der Waals surface area (Å²) in [4.78, 5) is 7.61. The number of nitrogens with one attached hydrogen (secondary N) is 1. The van der Waals surface area contributed by atoms with E-state index < -0.39 is 0 Å². The first kappa shape index (κ1) is 22.5. The van der Waals surface area contributed by atoms with E-state index >= 15 is 0 Å². The Balaban J connectivity index is 1.21. The van der Waals surface area contributed by atoms with Gasteiger partial charge in [-0.05, 0) is 80.7 Å². The molecule has 4 heterocycles. The molecule has 2 aromatic rings. The van der Waals surface area contributed by atoms with E-state index in [1.54, 1.807) is 11.3 Å². The monoisotopic (exact) mass is 459 g/mol. The minimum Gasteiger partial charge on any atom is -0.375 e. The second-order valence-corrected chi connectivity index (χ2v) is 11.8. The van der Waals surface area contributed by atoms with Crippen molar-refractivity contribution in [2.75, 3.05) is 24.6 Å². The molecule has 1 saturated heterocycles. The van der Waals surface area contributed by atoms with Gasteiger partial charge in [0, 0.05) is 48.2 Å². The molecule has 1 N–H and O–H groups in total. The number of aromatic nitrogens is 1. The number of anilines is 1. The summed E-state index contributed by atoms with van der Waals surface area (Å²) < 4.78 is 6.45. The zero-order valence-corrected chi connectivity index (χ0v) is 21.1. The van der Waals surface area contributed by atoms with Crippen molar-refractivity contribution in [2.45, 2.75) is 94.7 Å². The van der Waals surface area contributed by atoms with Gasteiger partial charge in [0.1, 0.15) is 0 Å². The van der Waals surface area contributed by atoms with Gasteiger partial charge < -0.3 is 15.0 Å². The Labute approximate surface area is 205 Å². The Hall–Kier alpha value is -1.91. The van der Waals surface area contributed by atoms with Crippen molar-refractivity contribution in [2.24, 2.45) is 5.92 Å². The zero-order chi connectivity index (χ0) is 23.2. The number of hydrogen-bond acceptors (Lipinski definition) is 4. The van der Waals surface area contributed by atoms with Crippen LogP contribution < -0.4 is 10.2 Å². The van der Waals surface area contributed by atoms with E-state index in [0.717, 1.165) is 32.4 Å². The van der Waals surface area contributed by atoms with Gasteiger partial charge >= 0.3 is 0 Å². The van der Waals surface area contributed by atoms with Gasteiger partial charge in [0.15, 0.2) is 0 Å². The van der Waals surface area contributed by atoms with Crippen molar-refractivity contribution in [3.05, 3.63) is 59.4 Å². The van der Waals surface area contributed by atoms with Crippen molar-refractivity contribution in [1.82, 2.24) is 10.3 Å². The normalized spacial score (nSPS) is 29.7. The Morgan fingerprint density at radius 1 is 1.12 bits per heavy atom. The highest BCUT2D eigenvalue weighted by molar-refractivity contribution is 5.67. The molecule has 0 amide bonds. The maximum absolute atomic E-state index is 6.45. The molecule has 6 rings (SSSR count). The maximum Gasteiger partial charge on any atom is 0.0691 e. The number of pyridine rings is 1. The first-order valence-electron chi connectivity index (χ1n) is 13.8. The summed E-state index contributed by atoms with van der Waals surface area (Å²) in [5.74, 6) is 0.694. The molecule has 1 aromatic carbocycles. The molecule has 1 aromatic heterocycles. The molecule has 1 spiro atoms. The second kappa shape index (κ2) is 8.95. The van der Waals surface area contributed by atoms with Crippen molar-refractivity contribution in [1.29, 1.82) is 0 Å². The van der Waals surface area contributed by atoms with Crippen LogP contribution in [0.1, 0.15) is 88.1 Å². The van der Waals surface area contributed by atoms with Crippen LogP contribution in [-0.2, 0) is 16.6 Å². The van der Waals surface area contributed by atoms with Crippen LogP contribution in [0.5, 0.6) is 0 Å². The highest BCUT2D eigenvalue weighted by atomic mass is 16.5. The molecule has 2 unspecified atom stereocenters.